The molecule has 3 saturated heterocycles. The Hall–Kier alpha value is -2.24. The molecule has 282 valence electrons. The third-order valence-corrected chi connectivity index (χ3v) is 11.8. The van der Waals surface area contributed by atoms with Gasteiger partial charge in [-0.3, -0.25) is 19.2 Å². The summed E-state index contributed by atoms with van der Waals surface area (Å²) in [6.45, 7) is 1.62. The monoisotopic (exact) mass is 704 g/mol. The standard InChI is InChI=1S/C39H60O11/c40-36(45-18-8-2-6-12-38(42)47-25-27-14-16-31-33(22-27)49-31)10-4-1-7-17-44-37(41)11-5-3-9-19-46-39(43)29-24-35-34(50-35)23-28(29)20-26-13-15-30-32(21-26)48-30/h26-35H,1-25H2. The molecule has 0 aromatic rings. The zero-order chi connectivity index (χ0) is 34.7. The van der Waals surface area contributed by atoms with Crippen molar-refractivity contribution in [3.8, 4) is 0 Å². The smallest absolute Gasteiger partial charge is 0.309 e. The van der Waals surface area contributed by atoms with Gasteiger partial charge in [-0.15, -0.1) is 0 Å². The van der Waals surface area contributed by atoms with Crippen LogP contribution < -0.4 is 0 Å². The van der Waals surface area contributed by atoms with E-state index in [9.17, 15) is 19.2 Å². The maximum atomic E-state index is 13.0. The molecule has 10 unspecified atom stereocenters. The van der Waals surface area contributed by atoms with Crippen molar-refractivity contribution < 1.29 is 52.3 Å². The summed E-state index contributed by atoms with van der Waals surface area (Å²) < 4.78 is 38.8. The fraction of sp³-hybridized carbons (Fsp3) is 0.897. The second kappa shape index (κ2) is 19.0. The molecular formula is C39H60O11. The van der Waals surface area contributed by atoms with Gasteiger partial charge >= 0.3 is 23.9 Å². The largest absolute Gasteiger partial charge is 0.466 e. The van der Waals surface area contributed by atoms with E-state index in [1.807, 2.05) is 0 Å². The van der Waals surface area contributed by atoms with Crippen molar-refractivity contribution in [2.24, 2.45) is 23.7 Å². The van der Waals surface area contributed by atoms with Gasteiger partial charge in [-0.1, -0.05) is 0 Å². The van der Waals surface area contributed by atoms with Crippen LogP contribution in [0.4, 0.5) is 0 Å². The third-order valence-electron chi connectivity index (χ3n) is 11.8. The molecule has 6 fully saturated rings. The molecule has 50 heavy (non-hydrogen) atoms. The fourth-order valence-electron chi connectivity index (χ4n) is 8.54. The summed E-state index contributed by atoms with van der Waals surface area (Å²) in [6, 6.07) is 0. The van der Waals surface area contributed by atoms with E-state index < -0.39 is 0 Å². The third kappa shape index (κ3) is 12.5. The van der Waals surface area contributed by atoms with Crippen molar-refractivity contribution in [2.75, 3.05) is 26.4 Å². The van der Waals surface area contributed by atoms with Crippen LogP contribution >= 0.6 is 0 Å². The van der Waals surface area contributed by atoms with Crippen molar-refractivity contribution >= 4 is 23.9 Å². The molecular weight excluding hydrogens is 644 g/mol. The Bertz CT molecular complexity index is 1130. The normalized spacial score (nSPS) is 33.2. The molecule has 0 aromatic heterocycles. The summed E-state index contributed by atoms with van der Waals surface area (Å²) in [5, 5.41) is 0. The SMILES string of the molecule is O=C(CCCCCOC(=O)CCCCCOC(=O)C1CC2OC2CC1CC1CCC2OC2C1)OCCCCCC(=O)OCC1CCC2OC2C1. The molecule has 10 atom stereocenters. The van der Waals surface area contributed by atoms with Crippen LogP contribution in [-0.2, 0) is 52.3 Å². The highest BCUT2D eigenvalue weighted by Gasteiger charge is 2.52. The van der Waals surface area contributed by atoms with E-state index in [2.05, 4.69) is 0 Å². The molecule has 0 amide bonds. The number of unbranched alkanes of at least 4 members (excludes halogenated alkanes) is 6. The minimum absolute atomic E-state index is 0.0602. The van der Waals surface area contributed by atoms with Crippen LogP contribution in [0.25, 0.3) is 0 Å². The lowest BCUT2D eigenvalue weighted by Gasteiger charge is -2.31. The second-order valence-corrected chi connectivity index (χ2v) is 15.8. The number of ether oxygens (including phenoxy) is 7. The summed E-state index contributed by atoms with van der Waals surface area (Å²) in [5.41, 5.74) is 0. The summed E-state index contributed by atoms with van der Waals surface area (Å²) in [7, 11) is 0. The van der Waals surface area contributed by atoms with E-state index in [1.165, 1.54) is 6.42 Å². The van der Waals surface area contributed by atoms with Crippen LogP contribution in [0.15, 0.2) is 0 Å². The van der Waals surface area contributed by atoms with E-state index in [0.717, 1.165) is 89.9 Å². The highest BCUT2D eigenvalue weighted by atomic mass is 16.6. The Labute approximate surface area is 297 Å². The number of esters is 4. The Morgan fingerprint density at radius 1 is 0.460 bits per heavy atom. The topological polar surface area (TPSA) is 143 Å². The minimum Gasteiger partial charge on any atom is -0.466 e. The van der Waals surface area contributed by atoms with E-state index in [0.29, 0.717) is 113 Å². The quantitative estimate of drug-likeness (QED) is 0.0522. The molecule has 3 heterocycles. The number of hydrogen-bond donors (Lipinski definition) is 0. The first-order valence-electron chi connectivity index (χ1n) is 20.0. The van der Waals surface area contributed by atoms with Gasteiger partial charge in [0.1, 0.15) is 0 Å². The Morgan fingerprint density at radius 3 is 1.54 bits per heavy atom. The molecule has 0 N–H and O–H groups in total. The zero-order valence-electron chi connectivity index (χ0n) is 29.9. The number of epoxide rings is 3. The lowest BCUT2D eigenvalue weighted by atomic mass is 9.72. The zero-order valence-corrected chi connectivity index (χ0v) is 29.9. The molecule has 3 saturated carbocycles. The van der Waals surface area contributed by atoms with E-state index in [1.54, 1.807) is 0 Å². The van der Waals surface area contributed by atoms with Crippen LogP contribution in [0.1, 0.15) is 135 Å². The predicted octanol–water partition coefficient (Wildman–Crippen LogP) is 6.16. The van der Waals surface area contributed by atoms with Crippen LogP contribution in [0, 0.1) is 23.7 Å². The molecule has 11 nitrogen and oxygen atoms in total. The summed E-state index contributed by atoms with van der Waals surface area (Å²) >= 11 is 0. The van der Waals surface area contributed by atoms with Crippen molar-refractivity contribution in [1.82, 2.24) is 0 Å². The van der Waals surface area contributed by atoms with Crippen molar-refractivity contribution in [3.63, 3.8) is 0 Å². The highest BCUT2D eigenvalue weighted by molar-refractivity contribution is 5.73. The molecule has 0 aromatic carbocycles. The van der Waals surface area contributed by atoms with Crippen LogP contribution in [0.2, 0.25) is 0 Å². The number of hydrogen-bond acceptors (Lipinski definition) is 11. The van der Waals surface area contributed by atoms with E-state index >= 15 is 0 Å². The van der Waals surface area contributed by atoms with Crippen molar-refractivity contribution in [1.29, 1.82) is 0 Å². The first-order chi connectivity index (χ1) is 24.4. The number of rotatable bonds is 23. The first kappa shape index (κ1) is 37.5. The number of carbonyl (C=O) groups is 4. The maximum Gasteiger partial charge on any atom is 0.309 e. The van der Waals surface area contributed by atoms with Crippen LogP contribution in [0.5, 0.6) is 0 Å². The van der Waals surface area contributed by atoms with Gasteiger partial charge in [0.25, 0.3) is 0 Å². The predicted molar refractivity (Wildman–Crippen MR) is 181 cm³/mol. The van der Waals surface area contributed by atoms with Gasteiger partial charge in [0.15, 0.2) is 0 Å². The lowest BCUT2D eigenvalue weighted by Crippen LogP contribution is -2.34. The average Bonchev–Trinajstić information content (AvgIpc) is 4.01. The van der Waals surface area contributed by atoms with Gasteiger partial charge in [0, 0.05) is 19.3 Å². The highest BCUT2D eigenvalue weighted by Crippen LogP contribution is 2.48. The van der Waals surface area contributed by atoms with Gasteiger partial charge in [0.05, 0.1) is 69.0 Å². The molecule has 6 aliphatic rings. The first-order valence-corrected chi connectivity index (χ1v) is 20.0. The summed E-state index contributed by atoms with van der Waals surface area (Å²) in [6.07, 6.45) is 19.8. The molecule has 0 bridgehead atoms. The number of fused-ring (bicyclic) bond motifs is 3. The molecule has 3 aliphatic heterocycles. The van der Waals surface area contributed by atoms with Gasteiger partial charge < -0.3 is 33.2 Å². The van der Waals surface area contributed by atoms with Crippen molar-refractivity contribution in [3.05, 3.63) is 0 Å². The Kier molecular flexibility index (Phi) is 14.3. The molecule has 3 aliphatic carbocycles. The molecule has 11 heteroatoms. The molecule has 0 spiro atoms. The summed E-state index contributed by atoms with van der Waals surface area (Å²) in [4.78, 5) is 49.1. The molecule has 6 rings (SSSR count). The maximum absolute atomic E-state index is 13.0. The van der Waals surface area contributed by atoms with E-state index in [-0.39, 0.29) is 35.9 Å². The lowest BCUT2D eigenvalue weighted by molar-refractivity contribution is -0.152. The summed E-state index contributed by atoms with van der Waals surface area (Å²) in [5.74, 6) is 0.729. The molecule has 0 radical (unpaired) electrons. The van der Waals surface area contributed by atoms with Gasteiger partial charge in [-0.2, -0.15) is 0 Å². The fourth-order valence-corrected chi connectivity index (χ4v) is 8.54. The number of carbonyl (C=O) groups excluding carboxylic acids is 4. The van der Waals surface area contributed by atoms with E-state index in [4.69, 9.17) is 33.2 Å². The Balaban J connectivity index is 0.685. The Morgan fingerprint density at radius 2 is 0.940 bits per heavy atom. The van der Waals surface area contributed by atoms with Gasteiger partial charge in [-0.25, -0.2) is 0 Å². The van der Waals surface area contributed by atoms with Crippen molar-refractivity contribution in [2.45, 2.75) is 171 Å². The second-order valence-electron chi connectivity index (χ2n) is 15.8. The van der Waals surface area contributed by atoms with Crippen LogP contribution in [-0.4, -0.2) is 86.9 Å². The minimum atomic E-state index is -0.211. The van der Waals surface area contributed by atoms with Crippen LogP contribution in [0.3, 0.4) is 0 Å². The average molecular weight is 705 g/mol. The van der Waals surface area contributed by atoms with Gasteiger partial charge in [-0.05, 0) is 133 Å². The van der Waals surface area contributed by atoms with Gasteiger partial charge in [0.2, 0.25) is 0 Å².